The first kappa shape index (κ1) is 36.2. The molecule has 1 aromatic rings. The minimum absolute atomic E-state index is 0.00692. The summed E-state index contributed by atoms with van der Waals surface area (Å²) in [5, 5.41) is 2.69. The molecule has 1 unspecified atom stereocenters. The van der Waals surface area contributed by atoms with Gasteiger partial charge in [-0.25, -0.2) is 0 Å². The van der Waals surface area contributed by atoms with Gasteiger partial charge in [0.2, 0.25) is 5.91 Å². The smallest absolute Gasteiger partial charge is 0.255 e. The number of imide groups is 1. The Balaban J connectivity index is 0.930. The summed E-state index contributed by atoms with van der Waals surface area (Å²) in [5.74, 6) is -0.518. The molecule has 0 bridgehead atoms. The lowest BCUT2D eigenvalue weighted by Crippen LogP contribution is -2.35. The molecule has 4 aliphatic heterocycles. The molecular formula is C37H43N5O8. The van der Waals surface area contributed by atoms with E-state index in [1.54, 1.807) is 12.3 Å². The third kappa shape index (κ3) is 10.2. The van der Waals surface area contributed by atoms with Crippen LogP contribution in [-0.2, 0) is 28.6 Å². The maximum atomic E-state index is 13.5. The number of benzene rings is 1. The second-order valence-corrected chi connectivity index (χ2v) is 11.9. The number of amides is 4. The van der Waals surface area contributed by atoms with E-state index < -0.39 is 11.8 Å². The molecule has 4 aliphatic rings. The molecule has 1 aromatic carbocycles. The zero-order chi connectivity index (χ0) is 35.3. The molecule has 0 saturated carbocycles. The first-order valence-corrected chi connectivity index (χ1v) is 16.6. The van der Waals surface area contributed by atoms with Crippen LogP contribution >= 0.6 is 0 Å². The van der Waals surface area contributed by atoms with Crippen molar-refractivity contribution in [3.05, 3.63) is 96.0 Å². The van der Waals surface area contributed by atoms with Crippen LogP contribution in [0.3, 0.4) is 0 Å². The first-order valence-electron chi connectivity index (χ1n) is 16.6. The first-order chi connectivity index (χ1) is 24.3. The summed E-state index contributed by atoms with van der Waals surface area (Å²) in [6.45, 7) is 12.2. The lowest BCUT2D eigenvalue weighted by molar-refractivity contribution is -0.137. The Hall–Kier alpha value is -5.11. The number of rotatable bonds is 18. The molecule has 0 aliphatic carbocycles. The Morgan fingerprint density at radius 2 is 1.66 bits per heavy atom. The van der Waals surface area contributed by atoms with E-state index >= 15 is 0 Å². The van der Waals surface area contributed by atoms with E-state index in [0.29, 0.717) is 76.3 Å². The fourth-order valence-corrected chi connectivity index (χ4v) is 5.57. The van der Waals surface area contributed by atoms with E-state index in [4.69, 9.17) is 18.9 Å². The number of ether oxygens (including phenoxy) is 4. The van der Waals surface area contributed by atoms with Gasteiger partial charge in [0.1, 0.15) is 12.4 Å². The van der Waals surface area contributed by atoms with E-state index in [1.807, 2.05) is 52.4 Å². The van der Waals surface area contributed by atoms with Crippen LogP contribution in [-0.4, -0.2) is 123 Å². The second kappa shape index (κ2) is 18.0. The molecule has 4 heterocycles. The summed E-state index contributed by atoms with van der Waals surface area (Å²) >= 11 is 0. The molecule has 4 amide bonds. The van der Waals surface area contributed by atoms with Crippen molar-refractivity contribution in [2.75, 3.05) is 72.4 Å². The molecule has 1 saturated heterocycles. The molecular weight excluding hydrogens is 642 g/mol. The largest absolute Gasteiger partial charge is 0.487 e. The van der Waals surface area contributed by atoms with Crippen molar-refractivity contribution in [1.82, 2.24) is 20.0 Å². The summed E-state index contributed by atoms with van der Waals surface area (Å²) in [6, 6.07) is 5.56. The minimum atomic E-state index is -0.402. The number of nitrogens with one attached hydrogen (secondary N) is 1. The van der Waals surface area contributed by atoms with Gasteiger partial charge in [-0.05, 0) is 24.1 Å². The van der Waals surface area contributed by atoms with Gasteiger partial charge in [0, 0.05) is 51.0 Å². The molecule has 264 valence electrons. The average molecular weight is 686 g/mol. The number of nitrogens with zero attached hydrogens (tertiary/aromatic N) is 4. The van der Waals surface area contributed by atoms with Gasteiger partial charge < -0.3 is 34.1 Å². The van der Waals surface area contributed by atoms with Crippen LogP contribution in [0.2, 0.25) is 0 Å². The Bertz CT molecular complexity index is 1610. The molecule has 50 heavy (non-hydrogen) atoms. The number of allylic oxidation sites excluding steroid dienone is 3. The van der Waals surface area contributed by atoms with Gasteiger partial charge in [-0.3, -0.25) is 29.1 Å². The Labute approximate surface area is 291 Å². The number of aliphatic imine (C=N–C) groups is 1. The highest BCUT2D eigenvalue weighted by atomic mass is 16.5. The summed E-state index contributed by atoms with van der Waals surface area (Å²) in [6.07, 6.45) is 14.7. The Kier molecular flexibility index (Phi) is 13.1. The number of hydrogen-bond acceptors (Lipinski definition) is 10. The van der Waals surface area contributed by atoms with Gasteiger partial charge in [0.25, 0.3) is 17.7 Å². The fraction of sp³-hybridized carbons (Fsp3) is 0.378. The predicted octanol–water partition coefficient (Wildman–Crippen LogP) is 2.64. The third-order valence-electron chi connectivity index (χ3n) is 8.22. The monoisotopic (exact) mass is 685 g/mol. The van der Waals surface area contributed by atoms with Gasteiger partial charge in [-0.2, -0.15) is 0 Å². The minimum Gasteiger partial charge on any atom is -0.487 e. The zero-order valence-corrected chi connectivity index (χ0v) is 28.1. The summed E-state index contributed by atoms with van der Waals surface area (Å²) in [7, 11) is 0. The maximum Gasteiger partial charge on any atom is 0.255 e. The van der Waals surface area contributed by atoms with Crippen molar-refractivity contribution >= 4 is 35.9 Å². The fourth-order valence-electron chi connectivity index (χ4n) is 5.57. The van der Waals surface area contributed by atoms with E-state index in [0.717, 1.165) is 28.2 Å². The third-order valence-corrected chi connectivity index (χ3v) is 8.22. The van der Waals surface area contributed by atoms with Gasteiger partial charge in [-0.1, -0.05) is 49.1 Å². The second-order valence-electron chi connectivity index (χ2n) is 11.9. The molecule has 1 N–H and O–H groups in total. The van der Waals surface area contributed by atoms with E-state index in [9.17, 15) is 19.2 Å². The topological polar surface area (TPSA) is 139 Å². The molecule has 1 fully saturated rings. The highest BCUT2D eigenvalue weighted by molar-refractivity contribution is 6.13. The van der Waals surface area contributed by atoms with Crippen molar-refractivity contribution < 1.29 is 38.1 Å². The van der Waals surface area contributed by atoms with Crippen molar-refractivity contribution in [2.45, 2.75) is 18.9 Å². The summed E-state index contributed by atoms with van der Waals surface area (Å²) in [5.41, 5.74) is 3.92. The Morgan fingerprint density at radius 3 is 2.44 bits per heavy atom. The van der Waals surface area contributed by atoms with Crippen LogP contribution in [0.5, 0.6) is 5.75 Å². The standard InChI is InChI=1S/C37H43N5O8/c1-27-21-31-6-4-3-5-29-7-8-32(22-33(29)37(46)42(31)24-27)50-26-30-25-40(28(2)23-39-30)14-16-48-18-20-49-19-17-47-15-12-38-34(43)11-13-41-35(44)9-10-36(41)45/h3-10,22-23,25,31H,1-2,11-21,24,26H2,(H,38,43). The van der Waals surface area contributed by atoms with Crippen LogP contribution in [0.4, 0.5) is 0 Å². The normalized spacial score (nSPS) is 18.3. The lowest BCUT2D eigenvalue weighted by Gasteiger charge is -2.24. The lowest BCUT2D eigenvalue weighted by atomic mass is 10.1. The van der Waals surface area contributed by atoms with Crippen molar-refractivity contribution in [3.63, 3.8) is 0 Å². The summed E-state index contributed by atoms with van der Waals surface area (Å²) < 4.78 is 22.8. The van der Waals surface area contributed by atoms with E-state index in [2.05, 4.69) is 23.5 Å². The van der Waals surface area contributed by atoms with Crippen molar-refractivity contribution in [2.24, 2.45) is 4.99 Å². The number of carbonyl (C=O) groups is 4. The van der Waals surface area contributed by atoms with Crippen LogP contribution < -0.4 is 10.1 Å². The molecule has 1 atom stereocenters. The zero-order valence-electron chi connectivity index (χ0n) is 28.1. The van der Waals surface area contributed by atoms with Gasteiger partial charge in [-0.15, -0.1) is 0 Å². The SMILES string of the molecule is C=C1CC2C=CC=Cc3ccc(OCC4=CN(CCOCCOCCOCCNC(=O)CCN5C(=O)C=CC5=O)C(=C)C=N4)cc3C(=O)N2C1. The van der Waals surface area contributed by atoms with Crippen LogP contribution in [0.1, 0.15) is 28.8 Å². The molecule has 5 rings (SSSR count). The molecule has 13 nitrogen and oxygen atoms in total. The molecule has 13 heteroatoms. The van der Waals surface area contributed by atoms with Crippen LogP contribution in [0, 0.1) is 0 Å². The Morgan fingerprint density at radius 1 is 0.920 bits per heavy atom. The molecule has 0 spiro atoms. The number of carbonyl (C=O) groups excluding carboxylic acids is 4. The highest BCUT2D eigenvalue weighted by Crippen LogP contribution is 2.29. The van der Waals surface area contributed by atoms with E-state index in [1.165, 1.54) is 12.2 Å². The van der Waals surface area contributed by atoms with Crippen LogP contribution in [0.15, 0.2) is 89.9 Å². The van der Waals surface area contributed by atoms with Gasteiger partial charge >= 0.3 is 0 Å². The highest BCUT2D eigenvalue weighted by Gasteiger charge is 2.31. The average Bonchev–Trinajstić information content (AvgIpc) is 3.66. The number of fused-ring (bicyclic) bond motifs is 2. The predicted molar refractivity (Wildman–Crippen MR) is 187 cm³/mol. The van der Waals surface area contributed by atoms with Crippen molar-refractivity contribution in [3.8, 4) is 5.75 Å². The molecule has 0 radical (unpaired) electrons. The van der Waals surface area contributed by atoms with Gasteiger partial charge in [0.15, 0.2) is 0 Å². The van der Waals surface area contributed by atoms with Crippen LogP contribution in [0.25, 0.3) is 6.08 Å². The van der Waals surface area contributed by atoms with Gasteiger partial charge in [0.05, 0.1) is 68.9 Å². The molecule has 0 aromatic heterocycles. The summed E-state index contributed by atoms with van der Waals surface area (Å²) in [4.78, 5) is 57.7. The number of hydrogen-bond donors (Lipinski definition) is 1. The van der Waals surface area contributed by atoms with Crippen molar-refractivity contribution in [1.29, 1.82) is 0 Å². The van der Waals surface area contributed by atoms with E-state index in [-0.39, 0.29) is 37.4 Å². The quantitative estimate of drug-likeness (QED) is 0.140. The maximum absolute atomic E-state index is 13.5.